The van der Waals surface area contributed by atoms with E-state index in [2.05, 4.69) is 56.8 Å². The molecular weight excluding hydrogens is 443 g/mol. The van der Waals surface area contributed by atoms with Crippen molar-refractivity contribution >= 4 is 17.2 Å². The highest BCUT2D eigenvalue weighted by molar-refractivity contribution is 6.04. The lowest BCUT2D eigenvalue weighted by atomic mass is 9.77. The molecule has 35 heavy (non-hydrogen) atoms. The first-order valence-corrected chi connectivity index (χ1v) is 12.4. The van der Waals surface area contributed by atoms with Gasteiger partial charge < -0.3 is 10.6 Å². The Morgan fingerprint density at radius 2 is 2.00 bits per heavy atom. The normalized spacial score (nSPS) is 21.3. The van der Waals surface area contributed by atoms with Crippen LogP contribution in [0.15, 0.2) is 48.8 Å². The summed E-state index contributed by atoms with van der Waals surface area (Å²) in [5.41, 5.74) is 5.10. The second-order valence-electron chi connectivity index (χ2n) is 9.56. The quantitative estimate of drug-likeness (QED) is 0.565. The highest BCUT2D eigenvalue weighted by atomic mass is 19.1. The summed E-state index contributed by atoms with van der Waals surface area (Å²) in [7, 11) is 0. The molecule has 8 heteroatoms. The van der Waals surface area contributed by atoms with Crippen LogP contribution in [0.5, 0.6) is 0 Å². The summed E-state index contributed by atoms with van der Waals surface area (Å²) in [5.74, 6) is -0.0412. The van der Waals surface area contributed by atoms with Crippen LogP contribution in [-0.4, -0.2) is 45.2 Å². The number of aromatic nitrogens is 3. The minimum absolute atomic E-state index is 0.185. The molecule has 180 valence electrons. The molecule has 2 atom stereocenters. The summed E-state index contributed by atoms with van der Waals surface area (Å²) in [6, 6.07) is 11.3. The van der Waals surface area contributed by atoms with Crippen molar-refractivity contribution in [2.45, 2.75) is 44.8 Å². The molecule has 0 radical (unpaired) electrons. The second-order valence-corrected chi connectivity index (χ2v) is 9.56. The Balaban J connectivity index is 1.48. The molecule has 3 aliphatic heterocycles. The number of carbonyl (C=O) groups excluding carboxylic acids is 1. The van der Waals surface area contributed by atoms with E-state index in [0.29, 0.717) is 17.8 Å². The van der Waals surface area contributed by atoms with Crippen LogP contribution in [-0.2, 0) is 13.1 Å². The fraction of sp³-hybridized carbons (Fsp3) is 0.370. The van der Waals surface area contributed by atoms with E-state index in [9.17, 15) is 9.18 Å². The molecule has 0 saturated carbocycles. The van der Waals surface area contributed by atoms with E-state index in [0.717, 1.165) is 55.1 Å². The van der Waals surface area contributed by atoms with Crippen LogP contribution in [0.4, 0.5) is 10.1 Å². The zero-order valence-electron chi connectivity index (χ0n) is 19.8. The molecular formula is C27H29FN6O. The number of hydrogen-bond donors (Lipinski definition) is 2. The molecule has 7 nitrogen and oxygen atoms in total. The number of aryl methyl sites for hydroxylation is 1. The van der Waals surface area contributed by atoms with Gasteiger partial charge in [-0.2, -0.15) is 5.10 Å². The van der Waals surface area contributed by atoms with E-state index < -0.39 is 5.82 Å². The summed E-state index contributed by atoms with van der Waals surface area (Å²) < 4.78 is 16.6. The van der Waals surface area contributed by atoms with Crippen LogP contribution >= 0.6 is 0 Å². The minimum Gasteiger partial charge on any atom is -0.377 e. The zero-order chi connectivity index (χ0) is 23.9. The van der Waals surface area contributed by atoms with E-state index in [1.807, 2.05) is 10.8 Å². The summed E-state index contributed by atoms with van der Waals surface area (Å²) >= 11 is 0. The first-order valence-electron chi connectivity index (χ1n) is 12.4. The van der Waals surface area contributed by atoms with Crippen molar-refractivity contribution in [1.29, 1.82) is 0 Å². The molecule has 0 aliphatic carbocycles. The fourth-order valence-corrected chi connectivity index (χ4v) is 5.47. The Morgan fingerprint density at radius 3 is 2.74 bits per heavy atom. The number of carbonyl (C=O) groups is 1. The molecule has 3 aliphatic rings. The summed E-state index contributed by atoms with van der Waals surface area (Å²) in [5, 5.41) is 11.0. The third-order valence-electron chi connectivity index (χ3n) is 7.25. The zero-order valence-corrected chi connectivity index (χ0v) is 19.8. The SMILES string of the molecule is CCCn1ncnc1C1C2=CCNC(=O)c3cc(F)cc(c32)NC1c1ccc(CN2CCC2)cc1. The van der Waals surface area contributed by atoms with Gasteiger partial charge in [-0.1, -0.05) is 37.3 Å². The van der Waals surface area contributed by atoms with Gasteiger partial charge in [0.1, 0.15) is 18.0 Å². The maximum Gasteiger partial charge on any atom is 0.252 e. The van der Waals surface area contributed by atoms with Gasteiger partial charge in [0, 0.05) is 30.9 Å². The molecule has 4 heterocycles. The molecule has 0 spiro atoms. The van der Waals surface area contributed by atoms with Crippen molar-refractivity contribution in [1.82, 2.24) is 25.0 Å². The third-order valence-corrected chi connectivity index (χ3v) is 7.25. The molecule has 3 aromatic rings. The molecule has 1 aromatic heterocycles. The summed E-state index contributed by atoms with van der Waals surface area (Å²) in [6.45, 7) is 6.52. The molecule has 2 unspecified atom stereocenters. The highest BCUT2D eigenvalue weighted by Gasteiger charge is 2.40. The second kappa shape index (κ2) is 8.92. The number of nitrogens with one attached hydrogen (secondary N) is 2. The largest absolute Gasteiger partial charge is 0.377 e. The fourth-order valence-electron chi connectivity index (χ4n) is 5.47. The lowest BCUT2D eigenvalue weighted by molar-refractivity contribution is 0.0958. The molecule has 2 aromatic carbocycles. The third kappa shape index (κ3) is 3.91. The predicted molar refractivity (Wildman–Crippen MR) is 132 cm³/mol. The number of nitrogens with zero attached hydrogens (tertiary/aromatic N) is 4. The van der Waals surface area contributed by atoms with Crippen molar-refractivity contribution in [2.75, 3.05) is 25.0 Å². The number of benzene rings is 2. The first kappa shape index (κ1) is 22.0. The van der Waals surface area contributed by atoms with E-state index in [1.165, 1.54) is 24.1 Å². The molecule has 0 bridgehead atoms. The van der Waals surface area contributed by atoms with Crippen molar-refractivity contribution in [3.63, 3.8) is 0 Å². The van der Waals surface area contributed by atoms with Crippen LogP contribution in [0.1, 0.15) is 64.6 Å². The number of halogens is 1. The summed E-state index contributed by atoms with van der Waals surface area (Å²) in [6.07, 6.45) is 5.85. The Bertz CT molecular complexity index is 1290. The van der Waals surface area contributed by atoms with Gasteiger partial charge in [-0.15, -0.1) is 0 Å². The van der Waals surface area contributed by atoms with E-state index >= 15 is 0 Å². The van der Waals surface area contributed by atoms with Crippen LogP contribution in [0.25, 0.3) is 5.57 Å². The lowest BCUT2D eigenvalue weighted by Gasteiger charge is -2.37. The Labute approximate surface area is 204 Å². The maximum absolute atomic E-state index is 14.6. The monoisotopic (exact) mass is 472 g/mol. The van der Waals surface area contributed by atoms with Crippen molar-refractivity contribution in [2.24, 2.45) is 0 Å². The van der Waals surface area contributed by atoms with E-state index in [1.54, 1.807) is 6.33 Å². The standard InChI is InChI=1S/C27H29FN6O/c1-2-10-34-26(30-16-31-34)24-20-8-9-29-27(35)21-13-19(28)14-22(23(20)21)32-25(24)18-6-4-17(5-7-18)15-33-11-3-12-33/h4-8,13-14,16,24-25,32H,2-3,9-12,15H2,1H3,(H,29,35). The Kier molecular flexibility index (Phi) is 5.60. The number of amides is 1. The molecule has 2 N–H and O–H groups in total. The van der Waals surface area contributed by atoms with Gasteiger partial charge in [0.25, 0.3) is 5.91 Å². The van der Waals surface area contributed by atoms with Crippen LogP contribution in [0.3, 0.4) is 0 Å². The van der Waals surface area contributed by atoms with Gasteiger partial charge in [0.2, 0.25) is 0 Å². The average molecular weight is 473 g/mol. The van der Waals surface area contributed by atoms with Gasteiger partial charge in [-0.3, -0.25) is 9.69 Å². The van der Waals surface area contributed by atoms with Gasteiger partial charge in [-0.05, 0) is 54.8 Å². The lowest BCUT2D eigenvalue weighted by Crippen LogP contribution is -2.36. The number of hydrogen-bond acceptors (Lipinski definition) is 5. The van der Waals surface area contributed by atoms with Crippen LogP contribution in [0.2, 0.25) is 0 Å². The van der Waals surface area contributed by atoms with Gasteiger partial charge in [0.05, 0.1) is 17.5 Å². The molecule has 1 fully saturated rings. The predicted octanol–water partition coefficient (Wildman–Crippen LogP) is 4.11. The van der Waals surface area contributed by atoms with Crippen LogP contribution in [0, 0.1) is 5.82 Å². The Hall–Kier alpha value is -3.52. The molecule has 1 amide bonds. The molecule has 6 rings (SSSR count). The van der Waals surface area contributed by atoms with Crippen LogP contribution < -0.4 is 10.6 Å². The highest BCUT2D eigenvalue weighted by Crippen LogP contribution is 2.50. The minimum atomic E-state index is -0.432. The van der Waals surface area contributed by atoms with E-state index in [4.69, 9.17) is 0 Å². The number of likely N-dealkylation sites (tertiary alicyclic amines) is 1. The van der Waals surface area contributed by atoms with Gasteiger partial charge in [0.15, 0.2) is 0 Å². The van der Waals surface area contributed by atoms with Gasteiger partial charge >= 0.3 is 0 Å². The van der Waals surface area contributed by atoms with E-state index in [-0.39, 0.29) is 17.9 Å². The maximum atomic E-state index is 14.6. The average Bonchev–Trinajstić information content (AvgIpc) is 3.21. The van der Waals surface area contributed by atoms with Crippen molar-refractivity contribution in [3.05, 3.63) is 82.7 Å². The van der Waals surface area contributed by atoms with Gasteiger partial charge in [-0.25, -0.2) is 14.1 Å². The first-order chi connectivity index (χ1) is 17.1. The molecule has 1 saturated heterocycles. The smallest absolute Gasteiger partial charge is 0.252 e. The van der Waals surface area contributed by atoms with Crippen molar-refractivity contribution in [3.8, 4) is 0 Å². The number of anilines is 1. The number of rotatable bonds is 6. The van der Waals surface area contributed by atoms with Crippen molar-refractivity contribution < 1.29 is 9.18 Å². The summed E-state index contributed by atoms with van der Waals surface area (Å²) in [4.78, 5) is 19.9. The Morgan fingerprint density at radius 1 is 1.17 bits per heavy atom. The topological polar surface area (TPSA) is 75.1 Å².